The van der Waals surface area contributed by atoms with Crippen molar-refractivity contribution in [3.63, 3.8) is 0 Å². The number of aryl methyl sites for hydroxylation is 1. The van der Waals surface area contributed by atoms with Crippen molar-refractivity contribution in [3.05, 3.63) is 29.6 Å². The van der Waals surface area contributed by atoms with Crippen LogP contribution in [0.2, 0.25) is 0 Å². The lowest BCUT2D eigenvalue weighted by Crippen LogP contribution is -2.20. The Morgan fingerprint density at radius 3 is 2.54 bits per heavy atom. The van der Waals surface area contributed by atoms with Crippen LogP contribution in [0.5, 0.6) is 0 Å². The second-order valence-electron chi connectivity index (χ2n) is 2.59. The van der Waals surface area contributed by atoms with Crippen LogP contribution in [0.4, 0.5) is 4.39 Å². The molecular formula is C8H10FNO2S. The molecular weight excluding hydrogens is 193 g/mol. The van der Waals surface area contributed by atoms with E-state index in [1.54, 1.807) is 0 Å². The van der Waals surface area contributed by atoms with Crippen LogP contribution in [-0.2, 0) is 10.0 Å². The van der Waals surface area contributed by atoms with Gasteiger partial charge in [0.1, 0.15) is 10.7 Å². The molecule has 0 aliphatic rings. The smallest absolute Gasteiger partial charge is 0.214 e. The van der Waals surface area contributed by atoms with Crippen LogP contribution in [0.1, 0.15) is 5.56 Å². The first-order valence-corrected chi connectivity index (χ1v) is 5.16. The van der Waals surface area contributed by atoms with E-state index in [2.05, 4.69) is 4.72 Å². The molecule has 0 amide bonds. The van der Waals surface area contributed by atoms with E-state index in [0.29, 0.717) is 5.56 Å². The highest BCUT2D eigenvalue weighted by Gasteiger charge is 2.17. The van der Waals surface area contributed by atoms with Gasteiger partial charge in [-0.2, -0.15) is 0 Å². The second-order valence-corrected chi connectivity index (χ2v) is 4.45. The zero-order valence-corrected chi connectivity index (χ0v) is 8.15. The summed E-state index contributed by atoms with van der Waals surface area (Å²) in [5.74, 6) is -0.697. The topological polar surface area (TPSA) is 46.2 Å². The Bertz CT molecular complexity index is 414. The lowest BCUT2D eigenvalue weighted by molar-refractivity contribution is 0.557. The quantitative estimate of drug-likeness (QED) is 0.780. The number of benzene rings is 1. The Kier molecular flexibility index (Phi) is 2.68. The third kappa shape index (κ3) is 1.87. The molecule has 1 rings (SSSR count). The Morgan fingerprint density at radius 1 is 1.38 bits per heavy atom. The van der Waals surface area contributed by atoms with Crippen LogP contribution >= 0.6 is 0 Å². The van der Waals surface area contributed by atoms with E-state index < -0.39 is 15.8 Å². The van der Waals surface area contributed by atoms with E-state index in [4.69, 9.17) is 0 Å². The summed E-state index contributed by atoms with van der Waals surface area (Å²) in [6.07, 6.45) is 0. The Labute approximate surface area is 76.6 Å². The van der Waals surface area contributed by atoms with E-state index >= 15 is 0 Å². The van der Waals surface area contributed by atoms with Crippen LogP contribution < -0.4 is 4.72 Å². The first-order valence-electron chi connectivity index (χ1n) is 3.67. The van der Waals surface area contributed by atoms with Crippen molar-refractivity contribution in [2.45, 2.75) is 11.8 Å². The fraction of sp³-hybridized carbons (Fsp3) is 0.250. The predicted octanol–water partition coefficient (Wildman–Crippen LogP) is 1.04. The van der Waals surface area contributed by atoms with Crippen LogP contribution in [-0.4, -0.2) is 15.5 Å². The summed E-state index contributed by atoms with van der Waals surface area (Å²) in [6, 6.07) is 4.25. The molecule has 1 N–H and O–H groups in total. The highest BCUT2D eigenvalue weighted by Crippen LogP contribution is 2.16. The zero-order chi connectivity index (χ0) is 10.1. The predicted molar refractivity (Wildman–Crippen MR) is 47.4 cm³/mol. The van der Waals surface area contributed by atoms with Crippen molar-refractivity contribution >= 4 is 10.0 Å². The van der Waals surface area contributed by atoms with Crippen molar-refractivity contribution < 1.29 is 12.8 Å². The molecule has 72 valence electrons. The zero-order valence-electron chi connectivity index (χ0n) is 7.33. The van der Waals surface area contributed by atoms with Gasteiger partial charge in [-0.05, 0) is 25.6 Å². The highest BCUT2D eigenvalue weighted by molar-refractivity contribution is 7.89. The third-order valence-corrected chi connectivity index (χ3v) is 3.15. The van der Waals surface area contributed by atoms with Gasteiger partial charge in [0.25, 0.3) is 0 Å². The van der Waals surface area contributed by atoms with Gasteiger partial charge >= 0.3 is 0 Å². The summed E-state index contributed by atoms with van der Waals surface area (Å²) in [5.41, 5.74) is 0.316. The van der Waals surface area contributed by atoms with E-state index in [-0.39, 0.29) is 4.90 Å². The van der Waals surface area contributed by atoms with Gasteiger partial charge < -0.3 is 0 Å². The van der Waals surface area contributed by atoms with E-state index in [0.717, 1.165) is 0 Å². The highest BCUT2D eigenvalue weighted by atomic mass is 32.2. The van der Waals surface area contributed by atoms with Gasteiger partial charge in [-0.15, -0.1) is 0 Å². The Morgan fingerprint density at radius 2 is 2.00 bits per heavy atom. The standard InChI is InChI=1S/C8H10FNO2S/c1-6-4-3-5-7(8(6)9)13(11,12)10-2/h3-5,10H,1-2H3. The van der Waals surface area contributed by atoms with Crippen LogP contribution in [0, 0.1) is 12.7 Å². The van der Waals surface area contributed by atoms with Gasteiger partial charge in [-0.3, -0.25) is 0 Å². The summed E-state index contributed by atoms with van der Waals surface area (Å²) >= 11 is 0. The molecule has 0 radical (unpaired) electrons. The maximum Gasteiger partial charge on any atom is 0.243 e. The summed E-state index contributed by atoms with van der Waals surface area (Å²) < 4.78 is 37.8. The molecule has 1 aromatic rings. The summed E-state index contributed by atoms with van der Waals surface area (Å²) in [5, 5.41) is 0. The van der Waals surface area contributed by atoms with Gasteiger partial charge in [0.05, 0.1) is 0 Å². The molecule has 0 spiro atoms. The molecule has 0 atom stereocenters. The molecule has 5 heteroatoms. The molecule has 1 aromatic carbocycles. The SMILES string of the molecule is CNS(=O)(=O)c1cccc(C)c1F. The number of sulfonamides is 1. The average molecular weight is 203 g/mol. The normalized spacial score (nSPS) is 11.6. The molecule has 0 heterocycles. The van der Waals surface area contributed by atoms with E-state index in [9.17, 15) is 12.8 Å². The Hall–Kier alpha value is -0.940. The van der Waals surface area contributed by atoms with Crippen molar-refractivity contribution in [2.24, 2.45) is 0 Å². The maximum atomic E-state index is 13.3. The summed E-state index contributed by atoms with van der Waals surface area (Å²) in [4.78, 5) is -0.310. The maximum absolute atomic E-state index is 13.3. The molecule has 0 aliphatic carbocycles. The first-order chi connectivity index (χ1) is 5.99. The molecule has 0 aliphatic heterocycles. The second kappa shape index (κ2) is 3.43. The Balaban J connectivity index is 3.40. The van der Waals surface area contributed by atoms with Crippen molar-refractivity contribution in [3.8, 4) is 0 Å². The van der Waals surface area contributed by atoms with Gasteiger partial charge in [0, 0.05) is 0 Å². The summed E-state index contributed by atoms with van der Waals surface area (Å²) in [6.45, 7) is 1.52. The number of rotatable bonds is 2. The van der Waals surface area contributed by atoms with Gasteiger partial charge in [0.2, 0.25) is 10.0 Å². The number of hydrogen-bond acceptors (Lipinski definition) is 2. The van der Waals surface area contributed by atoms with Gasteiger partial charge in [-0.25, -0.2) is 17.5 Å². The monoisotopic (exact) mass is 203 g/mol. The molecule has 0 unspecified atom stereocenters. The minimum atomic E-state index is -3.68. The fourth-order valence-electron chi connectivity index (χ4n) is 0.938. The summed E-state index contributed by atoms with van der Waals surface area (Å²) in [7, 11) is -2.43. The lowest BCUT2D eigenvalue weighted by atomic mass is 10.2. The molecule has 13 heavy (non-hydrogen) atoms. The molecule has 0 aromatic heterocycles. The minimum Gasteiger partial charge on any atom is -0.214 e. The minimum absolute atomic E-state index is 0.310. The van der Waals surface area contributed by atoms with Crippen LogP contribution in [0.25, 0.3) is 0 Å². The van der Waals surface area contributed by atoms with E-state index in [1.165, 1.54) is 32.2 Å². The fourth-order valence-corrected chi connectivity index (χ4v) is 1.81. The molecule has 0 saturated carbocycles. The first kappa shape index (κ1) is 10.1. The lowest BCUT2D eigenvalue weighted by Gasteiger charge is -2.04. The molecule has 0 fully saturated rings. The number of hydrogen-bond donors (Lipinski definition) is 1. The van der Waals surface area contributed by atoms with Crippen LogP contribution in [0.3, 0.4) is 0 Å². The molecule has 0 saturated heterocycles. The van der Waals surface area contributed by atoms with Crippen molar-refractivity contribution in [1.82, 2.24) is 4.72 Å². The third-order valence-electron chi connectivity index (χ3n) is 1.71. The number of nitrogens with one attached hydrogen (secondary N) is 1. The van der Waals surface area contributed by atoms with Gasteiger partial charge in [-0.1, -0.05) is 12.1 Å². The molecule has 3 nitrogen and oxygen atoms in total. The van der Waals surface area contributed by atoms with Crippen molar-refractivity contribution in [2.75, 3.05) is 7.05 Å². The largest absolute Gasteiger partial charge is 0.243 e. The van der Waals surface area contributed by atoms with Crippen molar-refractivity contribution in [1.29, 1.82) is 0 Å². The van der Waals surface area contributed by atoms with Crippen LogP contribution in [0.15, 0.2) is 23.1 Å². The van der Waals surface area contributed by atoms with Gasteiger partial charge in [0.15, 0.2) is 0 Å². The average Bonchev–Trinajstić information content (AvgIpc) is 2.09. The molecule has 0 bridgehead atoms. The number of halogens is 1. The van der Waals surface area contributed by atoms with E-state index in [1.807, 2.05) is 0 Å².